The summed E-state index contributed by atoms with van der Waals surface area (Å²) in [4.78, 5) is 18.3. The number of nitrogens with zero attached hydrogens (tertiary/aromatic N) is 4. The van der Waals surface area contributed by atoms with Crippen LogP contribution in [0.1, 0.15) is 10.4 Å². The number of rotatable bonds is 2. The fourth-order valence-corrected chi connectivity index (χ4v) is 2.66. The number of β-amino-alcohol motifs (C(OH)–C–C–N with tert-alkyl or cyclic N) is 1. The van der Waals surface area contributed by atoms with Gasteiger partial charge in [0.25, 0.3) is 5.91 Å². The topological polar surface area (TPSA) is 70.7 Å². The predicted molar refractivity (Wildman–Crippen MR) is 80.3 cm³/mol. The number of hydrogen-bond acceptors (Lipinski definition) is 4. The zero-order valence-corrected chi connectivity index (χ0v) is 11.8. The standard InChI is InChI=1S/C16H14N4O2/c21-12-9-19(10-12)16(22)13-8-18-20-14(6-7-17-15(13)20)11-4-2-1-3-5-11/h1-8,12,21H,9-10H2. The maximum atomic E-state index is 12.4. The van der Waals surface area contributed by atoms with E-state index in [1.807, 2.05) is 36.4 Å². The van der Waals surface area contributed by atoms with Gasteiger partial charge < -0.3 is 10.0 Å². The van der Waals surface area contributed by atoms with Gasteiger partial charge in [0, 0.05) is 24.8 Å². The zero-order chi connectivity index (χ0) is 15.1. The van der Waals surface area contributed by atoms with Gasteiger partial charge in [-0.25, -0.2) is 9.50 Å². The highest BCUT2D eigenvalue weighted by molar-refractivity contribution is 6.00. The SMILES string of the molecule is O=C(c1cnn2c(-c3ccccc3)ccnc12)N1CC(O)C1. The van der Waals surface area contributed by atoms with E-state index in [-0.39, 0.29) is 5.91 Å². The summed E-state index contributed by atoms with van der Waals surface area (Å²) in [7, 11) is 0. The Labute approximate surface area is 126 Å². The molecule has 1 fully saturated rings. The Morgan fingerprint density at radius 3 is 2.68 bits per heavy atom. The van der Waals surface area contributed by atoms with Crippen LogP contribution >= 0.6 is 0 Å². The monoisotopic (exact) mass is 294 g/mol. The molecule has 0 atom stereocenters. The molecule has 1 aliphatic heterocycles. The first kappa shape index (κ1) is 13.0. The number of aliphatic hydroxyl groups is 1. The Balaban J connectivity index is 1.79. The number of hydrogen-bond donors (Lipinski definition) is 1. The maximum absolute atomic E-state index is 12.4. The summed E-state index contributed by atoms with van der Waals surface area (Å²) in [5, 5.41) is 13.7. The molecule has 2 aromatic heterocycles. The normalized spacial score (nSPS) is 15.0. The van der Waals surface area contributed by atoms with Crippen molar-refractivity contribution in [3.05, 3.63) is 54.4 Å². The molecule has 110 valence electrons. The van der Waals surface area contributed by atoms with Gasteiger partial charge in [-0.3, -0.25) is 4.79 Å². The number of carbonyl (C=O) groups is 1. The molecule has 3 aromatic rings. The number of fused-ring (bicyclic) bond motifs is 1. The maximum Gasteiger partial charge on any atom is 0.259 e. The summed E-state index contributed by atoms with van der Waals surface area (Å²) in [5.41, 5.74) is 2.89. The zero-order valence-electron chi connectivity index (χ0n) is 11.8. The molecule has 4 rings (SSSR count). The fourth-order valence-electron chi connectivity index (χ4n) is 2.66. The fraction of sp³-hybridized carbons (Fsp3) is 0.188. The van der Waals surface area contributed by atoms with Crippen LogP contribution < -0.4 is 0 Å². The van der Waals surface area contributed by atoms with Gasteiger partial charge in [-0.15, -0.1) is 0 Å². The van der Waals surface area contributed by atoms with Gasteiger partial charge >= 0.3 is 0 Å². The van der Waals surface area contributed by atoms with E-state index in [1.165, 1.54) is 0 Å². The Bertz CT molecular complexity index is 838. The summed E-state index contributed by atoms with van der Waals surface area (Å²) in [6.07, 6.45) is 2.81. The Morgan fingerprint density at radius 2 is 1.95 bits per heavy atom. The van der Waals surface area contributed by atoms with Crippen molar-refractivity contribution < 1.29 is 9.90 Å². The first-order valence-electron chi connectivity index (χ1n) is 7.09. The van der Waals surface area contributed by atoms with Gasteiger partial charge in [-0.2, -0.15) is 5.10 Å². The van der Waals surface area contributed by atoms with Crippen molar-refractivity contribution in [2.45, 2.75) is 6.10 Å². The smallest absolute Gasteiger partial charge is 0.259 e. The van der Waals surface area contributed by atoms with Crippen molar-refractivity contribution in [3.8, 4) is 11.3 Å². The second-order valence-electron chi connectivity index (χ2n) is 5.35. The summed E-state index contributed by atoms with van der Waals surface area (Å²) in [6, 6.07) is 11.7. The average molecular weight is 294 g/mol. The second kappa shape index (κ2) is 4.92. The third-order valence-electron chi connectivity index (χ3n) is 3.85. The van der Waals surface area contributed by atoms with Gasteiger partial charge in [0.15, 0.2) is 5.65 Å². The van der Waals surface area contributed by atoms with Crippen LogP contribution in [0.2, 0.25) is 0 Å². The third-order valence-corrected chi connectivity index (χ3v) is 3.85. The molecular formula is C16H14N4O2. The number of likely N-dealkylation sites (tertiary alicyclic amines) is 1. The second-order valence-corrected chi connectivity index (χ2v) is 5.35. The van der Waals surface area contributed by atoms with Crippen LogP contribution in [0, 0.1) is 0 Å². The van der Waals surface area contributed by atoms with Crippen LogP contribution in [0.3, 0.4) is 0 Å². The Hall–Kier alpha value is -2.73. The molecule has 0 saturated carbocycles. The van der Waals surface area contributed by atoms with Crippen LogP contribution in [0.5, 0.6) is 0 Å². The Morgan fingerprint density at radius 1 is 1.18 bits per heavy atom. The molecule has 1 aliphatic rings. The molecule has 3 heterocycles. The van der Waals surface area contributed by atoms with Crippen molar-refractivity contribution in [2.75, 3.05) is 13.1 Å². The minimum Gasteiger partial charge on any atom is -0.389 e. The molecule has 0 spiro atoms. The lowest BCUT2D eigenvalue weighted by atomic mass is 10.1. The van der Waals surface area contributed by atoms with Gasteiger partial charge in [-0.1, -0.05) is 30.3 Å². The minimum atomic E-state index is -0.418. The van der Waals surface area contributed by atoms with E-state index in [1.54, 1.807) is 21.8 Å². The van der Waals surface area contributed by atoms with E-state index in [2.05, 4.69) is 10.1 Å². The van der Waals surface area contributed by atoms with E-state index in [4.69, 9.17) is 0 Å². The van der Waals surface area contributed by atoms with Gasteiger partial charge in [0.2, 0.25) is 0 Å². The highest BCUT2D eigenvalue weighted by Gasteiger charge is 2.31. The molecule has 0 bridgehead atoms. The van der Waals surface area contributed by atoms with E-state index < -0.39 is 6.10 Å². The molecule has 6 heteroatoms. The first-order chi connectivity index (χ1) is 10.7. The van der Waals surface area contributed by atoms with Crippen LogP contribution in [-0.2, 0) is 0 Å². The molecule has 6 nitrogen and oxygen atoms in total. The molecule has 22 heavy (non-hydrogen) atoms. The lowest BCUT2D eigenvalue weighted by molar-refractivity contribution is 0.00601. The predicted octanol–water partition coefficient (Wildman–Crippen LogP) is 1.21. The number of carbonyl (C=O) groups excluding carboxylic acids is 1. The van der Waals surface area contributed by atoms with Gasteiger partial charge in [0.05, 0.1) is 18.0 Å². The molecular weight excluding hydrogens is 280 g/mol. The molecule has 0 unspecified atom stereocenters. The summed E-state index contributed by atoms with van der Waals surface area (Å²) < 4.78 is 1.68. The highest BCUT2D eigenvalue weighted by atomic mass is 16.3. The molecule has 1 saturated heterocycles. The van der Waals surface area contributed by atoms with Crippen LogP contribution in [0.25, 0.3) is 16.9 Å². The number of aromatic nitrogens is 3. The molecule has 1 N–H and O–H groups in total. The average Bonchev–Trinajstić information content (AvgIpc) is 2.96. The first-order valence-corrected chi connectivity index (χ1v) is 7.09. The van der Waals surface area contributed by atoms with Crippen molar-refractivity contribution in [1.29, 1.82) is 0 Å². The molecule has 0 aliphatic carbocycles. The lowest BCUT2D eigenvalue weighted by Crippen LogP contribution is -2.53. The summed E-state index contributed by atoms with van der Waals surface area (Å²) >= 11 is 0. The van der Waals surface area contributed by atoms with Crippen LogP contribution in [-0.4, -0.2) is 49.7 Å². The number of benzene rings is 1. The van der Waals surface area contributed by atoms with Crippen LogP contribution in [0.4, 0.5) is 0 Å². The van der Waals surface area contributed by atoms with Crippen LogP contribution in [0.15, 0.2) is 48.8 Å². The lowest BCUT2D eigenvalue weighted by Gasteiger charge is -2.35. The minimum absolute atomic E-state index is 0.141. The van der Waals surface area contributed by atoms with Gasteiger partial charge in [-0.05, 0) is 6.07 Å². The largest absolute Gasteiger partial charge is 0.389 e. The van der Waals surface area contributed by atoms with E-state index in [0.29, 0.717) is 24.3 Å². The summed E-state index contributed by atoms with van der Waals surface area (Å²) in [6.45, 7) is 0.739. The molecule has 0 radical (unpaired) electrons. The van der Waals surface area contributed by atoms with Crippen molar-refractivity contribution in [1.82, 2.24) is 19.5 Å². The molecule has 1 amide bonds. The van der Waals surface area contributed by atoms with E-state index in [0.717, 1.165) is 11.3 Å². The quantitative estimate of drug-likeness (QED) is 0.771. The van der Waals surface area contributed by atoms with Gasteiger partial charge in [0.1, 0.15) is 5.56 Å². The number of aliphatic hydroxyl groups excluding tert-OH is 1. The van der Waals surface area contributed by atoms with E-state index >= 15 is 0 Å². The Kier molecular flexibility index (Phi) is 2.90. The highest BCUT2D eigenvalue weighted by Crippen LogP contribution is 2.22. The van der Waals surface area contributed by atoms with E-state index in [9.17, 15) is 9.90 Å². The third kappa shape index (κ3) is 1.96. The van der Waals surface area contributed by atoms with Crippen molar-refractivity contribution >= 4 is 11.6 Å². The molecule has 1 aromatic carbocycles. The number of amides is 1. The summed E-state index contributed by atoms with van der Waals surface area (Å²) in [5.74, 6) is -0.141. The van der Waals surface area contributed by atoms with Crippen molar-refractivity contribution in [3.63, 3.8) is 0 Å². The van der Waals surface area contributed by atoms with Crippen molar-refractivity contribution in [2.24, 2.45) is 0 Å².